The number of ether oxygens (including phenoxy) is 1. The normalized spacial score (nSPS) is 17.0. The monoisotopic (exact) mass is 515 g/mol. The highest BCUT2D eigenvalue weighted by molar-refractivity contribution is 9.09. The van der Waals surface area contributed by atoms with Crippen molar-refractivity contribution in [1.82, 2.24) is 4.90 Å². The molecular weight excluding hydrogens is 466 g/mol. The van der Waals surface area contributed by atoms with Crippen molar-refractivity contribution < 1.29 is 14.3 Å². The third-order valence-electron chi connectivity index (χ3n) is 6.74. The zero-order valence-electron chi connectivity index (χ0n) is 21.1. The lowest BCUT2D eigenvalue weighted by Gasteiger charge is -2.28. The summed E-state index contributed by atoms with van der Waals surface area (Å²) in [5.74, 6) is 0.114. The molecule has 1 aliphatic rings. The number of amides is 1. The van der Waals surface area contributed by atoms with Crippen LogP contribution >= 0.6 is 15.9 Å². The first-order valence-corrected chi connectivity index (χ1v) is 14.8. The molecule has 1 amide bonds. The van der Waals surface area contributed by atoms with Gasteiger partial charge in [-0.1, -0.05) is 107 Å². The summed E-state index contributed by atoms with van der Waals surface area (Å²) in [5, 5.41) is 1.03. The molecule has 1 aliphatic heterocycles. The second kappa shape index (κ2) is 19.9. The van der Waals surface area contributed by atoms with Gasteiger partial charge in [-0.25, -0.2) is 4.79 Å². The minimum Gasteiger partial charge on any atom is -0.464 e. The van der Waals surface area contributed by atoms with Crippen LogP contribution in [0, 0.1) is 5.92 Å². The second-order valence-electron chi connectivity index (χ2n) is 9.56. The van der Waals surface area contributed by atoms with Gasteiger partial charge in [-0.05, 0) is 38.5 Å². The molecule has 32 heavy (non-hydrogen) atoms. The third kappa shape index (κ3) is 12.6. The Balaban J connectivity index is 2.52. The van der Waals surface area contributed by atoms with Gasteiger partial charge in [-0.2, -0.15) is 0 Å². The summed E-state index contributed by atoms with van der Waals surface area (Å²) in [5.41, 5.74) is 0. The van der Waals surface area contributed by atoms with Crippen LogP contribution in [0.4, 0.5) is 0 Å². The first kappa shape index (κ1) is 29.5. The lowest BCUT2D eigenvalue weighted by Crippen LogP contribution is -2.44. The van der Waals surface area contributed by atoms with Crippen LogP contribution in [-0.4, -0.2) is 41.3 Å². The van der Waals surface area contributed by atoms with Gasteiger partial charge in [-0.15, -0.1) is 0 Å². The van der Waals surface area contributed by atoms with Crippen LogP contribution in [0.1, 0.15) is 129 Å². The SMILES string of the molecule is CCCCCCCCC(CCCCCC)C(=O)N1CCC[C@H]1C(=O)OCCCCCCBr. The van der Waals surface area contributed by atoms with E-state index in [0.29, 0.717) is 13.2 Å². The Morgan fingerprint density at radius 2 is 1.41 bits per heavy atom. The average molecular weight is 517 g/mol. The van der Waals surface area contributed by atoms with Gasteiger partial charge >= 0.3 is 5.97 Å². The van der Waals surface area contributed by atoms with Crippen LogP contribution in [0.2, 0.25) is 0 Å². The van der Waals surface area contributed by atoms with E-state index in [9.17, 15) is 9.59 Å². The van der Waals surface area contributed by atoms with Crippen molar-refractivity contribution in [1.29, 1.82) is 0 Å². The minimum absolute atomic E-state index is 0.0793. The van der Waals surface area contributed by atoms with E-state index in [1.165, 1.54) is 51.4 Å². The smallest absolute Gasteiger partial charge is 0.328 e. The quantitative estimate of drug-likeness (QED) is 0.0942. The van der Waals surface area contributed by atoms with Crippen molar-refractivity contribution in [3.8, 4) is 0 Å². The van der Waals surface area contributed by atoms with Gasteiger partial charge in [0.2, 0.25) is 5.91 Å². The number of unbranched alkanes of at least 4 members (excludes halogenated alkanes) is 11. The summed E-state index contributed by atoms with van der Waals surface area (Å²) in [6.07, 6.45) is 20.2. The molecule has 2 atom stereocenters. The van der Waals surface area contributed by atoms with E-state index < -0.39 is 0 Å². The molecule has 0 spiro atoms. The topological polar surface area (TPSA) is 46.6 Å². The molecule has 188 valence electrons. The van der Waals surface area contributed by atoms with Gasteiger partial charge in [0.15, 0.2) is 0 Å². The summed E-state index contributed by atoms with van der Waals surface area (Å²) in [6, 6.07) is -0.354. The number of esters is 1. The summed E-state index contributed by atoms with van der Waals surface area (Å²) in [4.78, 5) is 28.0. The van der Waals surface area contributed by atoms with Crippen molar-refractivity contribution in [3.05, 3.63) is 0 Å². The zero-order chi connectivity index (χ0) is 23.4. The number of alkyl halides is 1. The number of halogens is 1. The van der Waals surface area contributed by atoms with Crippen molar-refractivity contribution in [3.63, 3.8) is 0 Å². The largest absolute Gasteiger partial charge is 0.464 e. The molecule has 1 rings (SSSR count). The molecule has 1 saturated heterocycles. The van der Waals surface area contributed by atoms with Crippen molar-refractivity contribution in [2.75, 3.05) is 18.5 Å². The number of hydrogen-bond acceptors (Lipinski definition) is 3. The van der Waals surface area contributed by atoms with Crippen molar-refractivity contribution in [2.45, 2.75) is 135 Å². The van der Waals surface area contributed by atoms with E-state index in [4.69, 9.17) is 4.74 Å². The van der Waals surface area contributed by atoms with Gasteiger partial charge in [-0.3, -0.25) is 4.79 Å². The van der Waals surface area contributed by atoms with E-state index in [-0.39, 0.29) is 23.8 Å². The van der Waals surface area contributed by atoms with Gasteiger partial charge in [0.05, 0.1) is 6.61 Å². The van der Waals surface area contributed by atoms with Crippen LogP contribution in [0.3, 0.4) is 0 Å². The maximum atomic E-state index is 13.5. The number of likely N-dealkylation sites (tertiary alicyclic amines) is 1. The van der Waals surface area contributed by atoms with E-state index >= 15 is 0 Å². The average Bonchev–Trinajstić information content (AvgIpc) is 3.29. The second-order valence-corrected chi connectivity index (χ2v) is 10.4. The number of rotatable bonds is 20. The summed E-state index contributed by atoms with van der Waals surface area (Å²) < 4.78 is 5.57. The maximum Gasteiger partial charge on any atom is 0.328 e. The van der Waals surface area contributed by atoms with Gasteiger partial charge in [0.25, 0.3) is 0 Å². The summed E-state index contributed by atoms with van der Waals surface area (Å²) in [7, 11) is 0. The molecule has 0 bridgehead atoms. The Hall–Kier alpha value is -0.580. The number of carbonyl (C=O) groups is 2. The molecule has 1 unspecified atom stereocenters. The highest BCUT2D eigenvalue weighted by atomic mass is 79.9. The van der Waals surface area contributed by atoms with Crippen LogP contribution in [-0.2, 0) is 14.3 Å². The fraction of sp³-hybridized carbons (Fsp3) is 0.926. The highest BCUT2D eigenvalue weighted by Crippen LogP contribution is 2.27. The lowest BCUT2D eigenvalue weighted by molar-refractivity contribution is -0.155. The fourth-order valence-corrected chi connectivity index (χ4v) is 5.11. The number of hydrogen-bond donors (Lipinski definition) is 0. The molecule has 0 aliphatic carbocycles. The zero-order valence-corrected chi connectivity index (χ0v) is 22.6. The Bertz CT molecular complexity index is 486. The fourth-order valence-electron chi connectivity index (χ4n) is 4.71. The van der Waals surface area contributed by atoms with Crippen molar-refractivity contribution >= 4 is 27.8 Å². The van der Waals surface area contributed by atoms with E-state index in [1.54, 1.807) is 0 Å². The van der Waals surface area contributed by atoms with Crippen LogP contribution in [0.5, 0.6) is 0 Å². The molecule has 0 N–H and O–H groups in total. The molecule has 0 radical (unpaired) electrons. The third-order valence-corrected chi connectivity index (χ3v) is 7.30. The number of nitrogens with zero attached hydrogens (tertiary/aromatic N) is 1. The maximum absolute atomic E-state index is 13.5. The highest BCUT2D eigenvalue weighted by Gasteiger charge is 2.37. The molecule has 0 saturated carbocycles. The molecule has 0 aromatic carbocycles. The van der Waals surface area contributed by atoms with Crippen molar-refractivity contribution in [2.24, 2.45) is 5.92 Å². The Morgan fingerprint density at radius 1 is 0.844 bits per heavy atom. The molecule has 0 aromatic rings. The summed E-state index contributed by atoms with van der Waals surface area (Å²) in [6.45, 7) is 5.66. The lowest BCUT2D eigenvalue weighted by atomic mass is 9.92. The molecule has 4 nitrogen and oxygen atoms in total. The minimum atomic E-state index is -0.354. The standard InChI is InChI=1S/C27H50BrNO3/c1-3-5-7-9-10-14-19-24(18-13-8-6-4-2)26(30)29-22-17-20-25(29)27(31)32-23-16-12-11-15-21-28/h24-25H,3-23H2,1-2H3/t24?,25-/m0/s1. The number of carbonyl (C=O) groups excluding carboxylic acids is 2. The van der Waals surface area contributed by atoms with E-state index in [1.807, 2.05) is 4.90 Å². The Labute approximate surface area is 206 Å². The Kier molecular flexibility index (Phi) is 18.3. The first-order valence-electron chi connectivity index (χ1n) is 13.7. The molecular formula is C27H50BrNO3. The predicted molar refractivity (Wildman–Crippen MR) is 138 cm³/mol. The van der Waals surface area contributed by atoms with Crippen LogP contribution in [0.25, 0.3) is 0 Å². The summed E-state index contributed by atoms with van der Waals surface area (Å²) >= 11 is 3.45. The molecule has 0 aromatic heterocycles. The molecule has 1 heterocycles. The van der Waals surface area contributed by atoms with E-state index in [2.05, 4.69) is 29.8 Å². The molecule has 5 heteroatoms. The first-order chi connectivity index (χ1) is 15.7. The van der Waals surface area contributed by atoms with E-state index in [0.717, 1.165) is 69.5 Å². The predicted octanol–water partition coefficient (Wildman–Crippen LogP) is 7.81. The van der Waals surface area contributed by atoms with Crippen LogP contribution in [0.15, 0.2) is 0 Å². The van der Waals surface area contributed by atoms with Crippen LogP contribution < -0.4 is 0 Å². The van der Waals surface area contributed by atoms with Gasteiger partial charge in [0.1, 0.15) is 6.04 Å². The van der Waals surface area contributed by atoms with Gasteiger partial charge in [0, 0.05) is 17.8 Å². The Morgan fingerprint density at radius 3 is 2.06 bits per heavy atom. The molecule has 1 fully saturated rings. The van der Waals surface area contributed by atoms with Gasteiger partial charge < -0.3 is 9.64 Å².